The van der Waals surface area contributed by atoms with E-state index in [0.717, 1.165) is 17.0 Å². The second-order valence-electron chi connectivity index (χ2n) is 6.19. The SMILES string of the molecule is Cc1cc(=O)[nH]c(N/N=C\c2c(C)nn([C@@H]3CCS(=O)(=O)C3)c2C)n1. The minimum Gasteiger partial charge on any atom is -0.291 e. The average Bonchev–Trinajstić information content (AvgIpc) is 2.99. The molecule has 2 aromatic rings. The van der Waals surface area contributed by atoms with Crippen molar-refractivity contribution in [2.45, 2.75) is 33.2 Å². The maximum Gasteiger partial charge on any atom is 0.252 e. The Hall–Kier alpha value is -2.49. The fraction of sp³-hybridized carbons (Fsp3) is 0.467. The predicted octanol–water partition coefficient (Wildman–Crippen LogP) is 0.697. The van der Waals surface area contributed by atoms with E-state index in [1.807, 2.05) is 13.8 Å². The van der Waals surface area contributed by atoms with E-state index in [9.17, 15) is 13.2 Å². The van der Waals surface area contributed by atoms with Crippen LogP contribution >= 0.6 is 0 Å². The molecular weight excluding hydrogens is 344 g/mol. The first kappa shape index (κ1) is 17.3. The molecule has 0 amide bonds. The highest BCUT2D eigenvalue weighted by Crippen LogP contribution is 2.26. The summed E-state index contributed by atoms with van der Waals surface area (Å²) < 4.78 is 25.1. The van der Waals surface area contributed by atoms with Gasteiger partial charge in [-0.15, -0.1) is 0 Å². The summed E-state index contributed by atoms with van der Waals surface area (Å²) in [4.78, 5) is 18.1. The minimum absolute atomic E-state index is 0.123. The molecule has 1 atom stereocenters. The van der Waals surface area contributed by atoms with Crippen LogP contribution in [0.1, 0.15) is 35.1 Å². The van der Waals surface area contributed by atoms with E-state index in [4.69, 9.17) is 0 Å². The zero-order chi connectivity index (χ0) is 18.2. The maximum atomic E-state index is 11.7. The topological polar surface area (TPSA) is 122 Å². The van der Waals surface area contributed by atoms with Crippen molar-refractivity contribution in [2.75, 3.05) is 16.9 Å². The maximum absolute atomic E-state index is 11.7. The van der Waals surface area contributed by atoms with Gasteiger partial charge in [-0.05, 0) is 27.2 Å². The lowest BCUT2D eigenvalue weighted by molar-refractivity contribution is 0.486. The van der Waals surface area contributed by atoms with Gasteiger partial charge in [0.1, 0.15) is 0 Å². The quantitative estimate of drug-likeness (QED) is 0.608. The van der Waals surface area contributed by atoms with Crippen molar-refractivity contribution in [3.05, 3.63) is 39.1 Å². The Balaban J connectivity index is 1.80. The third kappa shape index (κ3) is 3.78. The standard InChI is InChI=1S/C15H20N6O3S/c1-9-6-14(22)18-15(17-9)19-16-7-13-10(2)20-21(11(13)3)12-4-5-25(23,24)8-12/h6-7,12H,4-5,8H2,1-3H3,(H2,17,18,19,22)/b16-7-/t12-/m1/s1. The smallest absolute Gasteiger partial charge is 0.252 e. The zero-order valence-electron chi connectivity index (χ0n) is 14.3. The number of nitrogens with one attached hydrogen (secondary N) is 2. The highest BCUT2D eigenvalue weighted by Gasteiger charge is 2.31. The molecule has 0 radical (unpaired) electrons. The van der Waals surface area contributed by atoms with Gasteiger partial charge < -0.3 is 0 Å². The molecule has 0 saturated carbocycles. The third-order valence-electron chi connectivity index (χ3n) is 4.17. The molecule has 0 spiro atoms. The Labute approximate surface area is 145 Å². The lowest BCUT2D eigenvalue weighted by Crippen LogP contribution is -2.14. The lowest BCUT2D eigenvalue weighted by Gasteiger charge is -2.10. The van der Waals surface area contributed by atoms with Crippen LogP contribution in [0.15, 0.2) is 16.0 Å². The first-order valence-corrected chi connectivity index (χ1v) is 9.70. The molecule has 3 heterocycles. The summed E-state index contributed by atoms with van der Waals surface area (Å²) in [5, 5.41) is 8.58. The van der Waals surface area contributed by atoms with Gasteiger partial charge >= 0.3 is 0 Å². The monoisotopic (exact) mass is 364 g/mol. The molecule has 2 N–H and O–H groups in total. The lowest BCUT2D eigenvalue weighted by atomic mass is 10.2. The summed E-state index contributed by atoms with van der Waals surface area (Å²) in [6.07, 6.45) is 2.17. The predicted molar refractivity (Wildman–Crippen MR) is 94.8 cm³/mol. The summed E-state index contributed by atoms with van der Waals surface area (Å²) >= 11 is 0. The van der Waals surface area contributed by atoms with E-state index in [1.165, 1.54) is 6.07 Å². The molecule has 1 aliphatic heterocycles. The summed E-state index contributed by atoms with van der Waals surface area (Å²) in [5.74, 6) is 0.580. The van der Waals surface area contributed by atoms with Gasteiger partial charge in [-0.2, -0.15) is 10.2 Å². The van der Waals surface area contributed by atoms with Gasteiger partial charge in [0.2, 0.25) is 5.95 Å². The number of nitrogens with zero attached hydrogens (tertiary/aromatic N) is 4. The Morgan fingerprint density at radius 2 is 2.16 bits per heavy atom. The number of rotatable bonds is 4. The van der Waals surface area contributed by atoms with Crippen LogP contribution < -0.4 is 11.0 Å². The van der Waals surface area contributed by atoms with Gasteiger partial charge in [0.05, 0.1) is 29.5 Å². The molecule has 134 valence electrons. The van der Waals surface area contributed by atoms with Crippen molar-refractivity contribution >= 4 is 22.0 Å². The van der Waals surface area contributed by atoms with Crippen molar-refractivity contribution < 1.29 is 8.42 Å². The van der Waals surface area contributed by atoms with E-state index in [2.05, 4.69) is 25.6 Å². The van der Waals surface area contributed by atoms with Crippen molar-refractivity contribution in [1.29, 1.82) is 0 Å². The Morgan fingerprint density at radius 1 is 1.40 bits per heavy atom. The van der Waals surface area contributed by atoms with Crippen LogP contribution in [0.4, 0.5) is 5.95 Å². The van der Waals surface area contributed by atoms with Crippen molar-refractivity contribution in [3.8, 4) is 0 Å². The van der Waals surface area contributed by atoms with E-state index in [0.29, 0.717) is 12.1 Å². The number of hydrogen-bond acceptors (Lipinski definition) is 7. The van der Waals surface area contributed by atoms with Gasteiger partial charge in [0.25, 0.3) is 5.56 Å². The van der Waals surface area contributed by atoms with E-state index in [-0.39, 0.29) is 29.1 Å². The van der Waals surface area contributed by atoms with Gasteiger partial charge in [-0.25, -0.2) is 18.8 Å². The van der Waals surface area contributed by atoms with Crippen LogP contribution in [0, 0.1) is 20.8 Å². The molecule has 25 heavy (non-hydrogen) atoms. The average molecular weight is 364 g/mol. The van der Waals surface area contributed by atoms with Gasteiger partial charge in [0.15, 0.2) is 9.84 Å². The Bertz CT molecular complexity index is 989. The van der Waals surface area contributed by atoms with Crippen LogP contribution in [0.3, 0.4) is 0 Å². The second kappa shape index (κ2) is 6.43. The van der Waals surface area contributed by atoms with Crippen LogP contribution in [0.5, 0.6) is 0 Å². The van der Waals surface area contributed by atoms with E-state index >= 15 is 0 Å². The van der Waals surface area contributed by atoms with Gasteiger partial charge in [-0.3, -0.25) is 14.5 Å². The second-order valence-corrected chi connectivity index (χ2v) is 8.42. The zero-order valence-corrected chi connectivity index (χ0v) is 15.1. The molecule has 1 fully saturated rings. The number of anilines is 1. The van der Waals surface area contributed by atoms with E-state index < -0.39 is 9.84 Å². The fourth-order valence-electron chi connectivity index (χ4n) is 2.98. The molecule has 0 aliphatic carbocycles. The molecule has 2 aromatic heterocycles. The molecule has 0 unspecified atom stereocenters. The van der Waals surface area contributed by atoms with Gasteiger partial charge in [-0.1, -0.05) is 0 Å². The number of aryl methyl sites for hydroxylation is 2. The van der Waals surface area contributed by atoms with Crippen LogP contribution in [0.25, 0.3) is 0 Å². The summed E-state index contributed by atoms with van der Waals surface area (Å²) in [6.45, 7) is 5.46. The molecule has 3 rings (SSSR count). The van der Waals surface area contributed by atoms with Crippen molar-refractivity contribution in [3.63, 3.8) is 0 Å². The first-order valence-electron chi connectivity index (χ1n) is 7.88. The van der Waals surface area contributed by atoms with Crippen LogP contribution in [-0.4, -0.2) is 45.9 Å². The summed E-state index contributed by atoms with van der Waals surface area (Å²) in [6, 6.07) is 1.26. The molecule has 0 aromatic carbocycles. The third-order valence-corrected chi connectivity index (χ3v) is 5.92. The number of aromatic nitrogens is 4. The highest BCUT2D eigenvalue weighted by atomic mass is 32.2. The fourth-order valence-corrected chi connectivity index (χ4v) is 4.67. The number of sulfone groups is 1. The van der Waals surface area contributed by atoms with Crippen molar-refractivity contribution in [1.82, 2.24) is 19.7 Å². The molecule has 1 saturated heterocycles. The summed E-state index contributed by atoms with van der Waals surface area (Å²) in [5.41, 5.74) is 5.45. The Morgan fingerprint density at radius 3 is 2.80 bits per heavy atom. The highest BCUT2D eigenvalue weighted by molar-refractivity contribution is 7.91. The first-order chi connectivity index (χ1) is 11.7. The normalized spacial score (nSPS) is 19.6. The molecular formula is C15H20N6O3S. The van der Waals surface area contributed by atoms with Crippen molar-refractivity contribution in [2.24, 2.45) is 5.10 Å². The summed E-state index contributed by atoms with van der Waals surface area (Å²) in [7, 11) is -2.97. The molecule has 1 aliphatic rings. The minimum atomic E-state index is -2.97. The van der Waals surface area contributed by atoms with Crippen LogP contribution in [-0.2, 0) is 9.84 Å². The van der Waals surface area contributed by atoms with E-state index in [1.54, 1.807) is 17.8 Å². The number of hydrazone groups is 1. The largest absolute Gasteiger partial charge is 0.291 e. The molecule has 10 heteroatoms. The molecule has 0 bridgehead atoms. The number of hydrogen-bond donors (Lipinski definition) is 2. The van der Waals surface area contributed by atoms with Gasteiger partial charge in [0, 0.05) is 23.0 Å². The number of H-pyrrole nitrogens is 1. The molecule has 9 nitrogen and oxygen atoms in total. The van der Waals surface area contributed by atoms with Crippen LogP contribution in [0.2, 0.25) is 0 Å². The Kier molecular flexibility index (Phi) is 4.46. The number of aromatic amines is 1.